The molecule has 0 saturated heterocycles. The van der Waals surface area contributed by atoms with E-state index in [4.69, 9.17) is 14.2 Å². The van der Waals surface area contributed by atoms with Crippen LogP contribution in [0.5, 0.6) is 11.5 Å². The number of carbonyl (C=O) groups is 3. The van der Waals surface area contributed by atoms with Gasteiger partial charge in [-0.1, -0.05) is 79.9 Å². The van der Waals surface area contributed by atoms with Crippen molar-refractivity contribution in [2.24, 2.45) is 0 Å². The lowest BCUT2D eigenvalue weighted by molar-refractivity contribution is -0.154. The minimum absolute atomic E-state index is 0.0210. The molecule has 2 N–H and O–H groups in total. The van der Waals surface area contributed by atoms with Gasteiger partial charge in [0.15, 0.2) is 0 Å². The highest BCUT2D eigenvalue weighted by atomic mass is 16.5. The molecular formula is C35H38N2O6. The number of esters is 1. The van der Waals surface area contributed by atoms with Crippen molar-refractivity contribution in [3.8, 4) is 11.5 Å². The van der Waals surface area contributed by atoms with Crippen LogP contribution in [0.2, 0.25) is 0 Å². The van der Waals surface area contributed by atoms with Crippen molar-refractivity contribution in [1.29, 1.82) is 0 Å². The van der Waals surface area contributed by atoms with Crippen LogP contribution in [-0.2, 0) is 19.1 Å². The molecule has 8 nitrogen and oxygen atoms in total. The van der Waals surface area contributed by atoms with E-state index in [0.717, 1.165) is 37.7 Å². The highest BCUT2D eigenvalue weighted by molar-refractivity contribution is 5.94. The van der Waals surface area contributed by atoms with Gasteiger partial charge >= 0.3 is 5.97 Å². The van der Waals surface area contributed by atoms with Crippen molar-refractivity contribution in [2.75, 3.05) is 14.2 Å². The standard InChI is InChI=1S/C35H38N2O6/c1-41-29-22-26(23-30(24-29)42-2)19-21-32(39)43-34(35(40)36-28-16-10-5-11-17-28)33(27-14-8-4-9-15-27)37-31(38)20-18-25-12-6-3-7-13-25/h3-4,6-9,12-15,18-24,28,33-34H,5,10-11,16-17H2,1-2H3,(H,36,40)(H,37,38)/b20-18+,21-19+/t33-,34+/m0/s1. The highest BCUT2D eigenvalue weighted by Crippen LogP contribution is 2.25. The predicted molar refractivity (Wildman–Crippen MR) is 166 cm³/mol. The quantitative estimate of drug-likeness (QED) is 0.211. The molecule has 0 unspecified atom stereocenters. The summed E-state index contributed by atoms with van der Waals surface area (Å²) in [6.45, 7) is 0. The Morgan fingerprint density at radius 1 is 0.767 bits per heavy atom. The first-order valence-electron chi connectivity index (χ1n) is 14.5. The van der Waals surface area contributed by atoms with Crippen LogP contribution in [0.4, 0.5) is 0 Å². The highest BCUT2D eigenvalue weighted by Gasteiger charge is 2.35. The summed E-state index contributed by atoms with van der Waals surface area (Å²) in [7, 11) is 3.08. The molecule has 2 amide bonds. The van der Waals surface area contributed by atoms with Crippen LogP contribution < -0.4 is 20.1 Å². The van der Waals surface area contributed by atoms with Gasteiger partial charge in [-0.2, -0.15) is 0 Å². The summed E-state index contributed by atoms with van der Waals surface area (Å²) < 4.78 is 16.4. The van der Waals surface area contributed by atoms with Crippen molar-refractivity contribution < 1.29 is 28.6 Å². The molecule has 0 aromatic heterocycles. The van der Waals surface area contributed by atoms with E-state index in [1.807, 2.05) is 48.5 Å². The Hall–Kier alpha value is -4.85. The molecule has 1 aliphatic rings. The Morgan fingerprint density at radius 2 is 1.37 bits per heavy atom. The minimum atomic E-state index is -1.32. The van der Waals surface area contributed by atoms with Crippen molar-refractivity contribution in [3.05, 3.63) is 108 Å². The van der Waals surface area contributed by atoms with Crippen LogP contribution >= 0.6 is 0 Å². The number of hydrogen-bond acceptors (Lipinski definition) is 6. The zero-order chi connectivity index (χ0) is 30.4. The normalized spacial score (nSPS) is 15.0. The Labute approximate surface area is 252 Å². The summed E-state index contributed by atoms with van der Waals surface area (Å²) in [5.74, 6) is -0.498. The number of ether oxygens (including phenoxy) is 3. The average Bonchev–Trinajstić information content (AvgIpc) is 3.05. The van der Waals surface area contributed by atoms with Gasteiger partial charge in [0.1, 0.15) is 17.5 Å². The summed E-state index contributed by atoms with van der Waals surface area (Å²) in [6.07, 6.45) is 9.44. The predicted octanol–water partition coefficient (Wildman–Crippen LogP) is 5.65. The third kappa shape index (κ3) is 9.60. The largest absolute Gasteiger partial charge is 0.497 e. The molecule has 8 heteroatoms. The molecule has 224 valence electrons. The SMILES string of the molecule is COc1cc(/C=C/C(=O)O[C@@H](C(=O)NC2CCCCC2)[C@@H](NC(=O)/C=C/c2ccccc2)c2ccccc2)cc(OC)c1. The van der Waals surface area contributed by atoms with Gasteiger partial charge in [-0.05, 0) is 53.8 Å². The van der Waals surface area contributed by atoms with E-state index < -0.39 is 29.9 Å². The van der Waals surface area contributed by atoms with E-state index in [1.165, 1.54) is 12.2 Å². The van der Waals surface area contributed by atoms with Gasteiger partial charge in [0.2, 0.25) is 12.0 Å². The molecule has 0 aliphatic heterocycles. The Bertz CT molecular complexity index is 1390. The number of hydrogen-bond donors (Lipinski definition) is 2. The maximum Gasteiger partial charge on any atom is 0.331 e. The Kier molecular flexibility index (Phi) is 11.5. The fourth-order valence-corrected chi connectivity index (χ4v) is 4.99. The first-order chi connectivity index (χ1) is 20.9. The minimum Gasteiger partial charge on any atom is -0.497 e. The molecule has 1 aliphatic carbocycles. The third-order valence-corrected chi connectivity index (χ3v) is 7.22. The monoisotopic (exact) mass is 582 g/mol. The Balaban J connectivity index is 1.60. The second-order valence-corrected chi connectivity index (χ2v) is 10.3. The molecule has 0 spiro atoms. The lowest BCUT2D eigenvalue weighted by Gasteiger charge is -2.30. The second kappa shape index (κ2) is 16.0. The lowest BCUT2D eigenvalue weighted by atomic mass is 9.94. The number of carbonyl (C=O) groups excluding carboxylic acids is 3. The molecule has 0 heterocycles. The molecule has 3 aromatic carbocycles. The summed E-state index contributed by atoms with van der Waals surface area (Å²) in [4.78, 5) is 40.1. The van der Waals surface area contributed by atoms with Crippen molar-refractivity contribution >= 4 is 29.9 Å². The fourth-order valence-electron chi connectivity index (χ4n) is 4.99. The van der Waals surface area contributed by atoms with E-state index in [1.54, 1.807) is 56.7 Å². The van der Waals surface area contributed by atoms with Gasteiger partial charge in [-0.25, -0.2) is 4.79 Å². The average molecular weight is 583 g/mol. The van der Waals surface area contributed by atoms with Gasteiger partial charge in [-0.15, -0.1) is 0 Å². The molecule has 1 saturated carbocycles. The van der Waals surface area contributed by atoms with Crippen LogP contribution in [0.15, 0.2) is 91.0 Å². The topological polar surface area (TPSA) is 103 Å². The number of nitrogens with one attached hydrogen (secondary N) is 2. The molecule has 1 fully saturated rings. The molecule has 2 atom stereocenters. The summed E-state index contributed by atoms with van der Waals surface area (Å²) in [6, 6.07) is 22.7. The smallest absolute Gasteiger partial charge is 0.331 e. The zero-order valence-electron chi connectivity index (χ0n) is 24.5. The number of rotatable bonds is 12. The summed E-state index contributed by atoms with van der Waals surface area (Å²) in [5, 5.41) is 5.98. The number of benzene rings is 3. The maximum atomic E-state index is 13.7. The van der Waals surface area contributed by atoms with Gasteiger partial charge in [0, 0.05) is 24.3 Å². The molecular weight excluding hydrogens is 544 g/mol. The van der Waals surface area contributed by atoms with Crippen LogP contribution in [0.3, 0.4) is 0 Å². The van der Waals surface area contributed by atoms with E-state index >= 15 is 0 Å². The van der Waals surface area contributed by atoms with Gasteiger partial charge in [0.05, 0.1) is 14.2 Å². The van der Waals surface area contributed by atoms with Crippen LogP contribution in [-0.4, -0.2) is 44.1 Å². The second-order valence-electron chi connectivity index (χ2n) is 10.3. The molecule has 3 aromatic rings. The number of amides is 2. The van der Waals surface area contributed by atoms with Crippen molar-refractivity contribution in [1.82, 2.24) is 10.6 Å². The van der Waals surface area contributed by atoms with E-state index in [-0.39, 0.29) is 6.04 Å². The van der Waals surface area contributed by atoms with E-state index in [2.05, 4.69) is 10.6 Å². The maximum absolute atomic E-state index is 13.7. The first kappa shape index (κ1) is 31.1. The zero-order valence-corrected chi connectivity index (χ0v) is 24.5. The fraction of sp³-hybridized carbons (Fsp3) is 0.286. The van der Waals surface area contributed by atoms with Crippen molar-refractivity contribution in [2.45, 2.75) is 50.3 Å². The van der Waals surface area contributed by atoms with Crippen LogP contribution in [0, 0.1) is 0 Å². The van der Waals surface area contributed by atoms with Gasteiger partial charge < -0.3 is 24.8 Å². The molecule has 43 heavy (non-hydrogen) atoms. The molecule has 4 rings (SSSR count). The van der Waals surface area contributed by atoms with Crippen LogP contribution in [0.1, 0.15) is 54.8 Å². The molecule has 0 bridgehead atoms. The van der Waals surface area contributed by atoms with Gasteiger partial charge in [-0.3, -0.25) is 9.59 Å². The third-order valence-electron chi connectivity index (χ3n) is 7.22. The van der Waals surface area contributed by atoms with Crippen molar-refractivity contribution in [3.63, 3.8) is 0 Å². The number of methoxy groups -OCH3 is 2. The van der Waals surface area contributed by atoms with Crippen LogP contribution in [0.25, 0.3) is 12.2 Å². The summed E-state index contributed by atoms with van der Waals surface area (Å²) in [5.41, 5.74) is 2.13. The van der Waals surface area contributed by atoms with E-state index in [0.29, 0.717) is 22.6 Å². The van der Waals surface area contributed by atoms with E-state index in [9.17, 15) is 14.4 Å². The summed E-state index contributed by atoms with van der Waals surface area (Å²) >= 11 is 0. The molecule has 0 radical (unpaired) electrons. The Morgan fingerprint density at radius 3 is 2.00 bits per heavy atom. The first-order valence-corrected chi connectivity index (χ1v) is 14.5. The van der Waals surface area contributed by atoms with Gasteiger partial charge in [0.25, 0.3) is 5.91 Å². The lowest BCUT2D eigenvalue weighted by Crippen LogP contribution is -2.50.